The number of aliphatic hydroxyl groups excluding tert-OH is 2. The lowest BCUT2D eigenvalue weighted by atomic mass is 9.73. The Morgan fingerprint density at radius 3 is 2.62 bits per heavy atom. The predicted octanol–water partition coefficient (Wildman–Crippen LogP) is 1.80. The maximum Gasteiger partial charge on any atom is 0.0620 e. The summed E-state index contributed by atoms with van der Waals surface area (Å²) in [5, 5.41) is 19.0. The molecule has 1 fully saturated rings. The second-order valence-electron chi connectivity index (χ2n) is 4.41. The van der Waals surface area contributed by atoms with E-state index in [1.165, 1.54) is 0 Å². The van der Waals surface area contributed by atoms with Crippen molar-refractivity contribution in [2.45, 2.75) is 45.6 Å². The summed E-state index contributed by atoms with van der Waals surface area (Å²) >= 11 is 0. The molecular formula is C11H22O2. The molecule has 0 aromatic carbocycles. The average molecular weight is 186 g/mol. The van der Waals surface area contributed by atoms with Crippen molar-refractivity contribution in [1.82, 2.24) is 0 Å². The molecule has 0 bridgehead atoms. The molecule has 2 nitrogen and oxygen atoms in total. The Bertz CT molecular complexity index is 147. The van der Waals surface area contributed by atoms with Crippen molar-refractivity contribution in [3.63, 3.8) is 0 Å². The van der Waals surface area contributed by atoms with Crippen LogP contribution in [0.15, 0.2) is 0 Å². The summed E-state index contributed by atoms with van der Waals surface area (Å²) in [5.74, 6) is 1.13. The highest BCUT2D eigenvalue weighted by Crippen LogP contribution is 2.34. The van der Waals surface area contributed by atoms with Gasteiger partial charge in [-0.3, -0.25) is 0 Å². The van der Waals surface area contributed by atoms with Crippen LogP contribution in [0, 0.1) is 17.8 Å². The Morgan fingerprint density at radius 1 is 1.38 bits per heavy atom. The van der Waals surface area contributed by atoms with E-state index in [-0.39, 0.29) is 18.6 Å². The van der Waals surface area contributed by atoms with Gasteiger partial charge in [0.15, 0.2) is 0 Å². The lowest BCUT2D eigenvalue weighted by Gasteiger charge is -2.37. The van der Waals surface area contributed by atoms with E-state index in [0.29, 0.717) is 11.8 Å². The second-order valence-corrected chi connectivity index (χ2v) is 4.41. The Hall–Kier alpha value is -0.0800. The zero-order chi connectivity index (χ0) is 9.84. The third-order valence-corrected chi connectivity index (χ3v) is 3.64. The standard InChI is InChI=1S/C11H22O2/c1-3-8(2)10-6-4-5-9(7-12)11(10)13/h8-13H,3-7H2,1-2H3. The Balaban J connectivity index is 2.54. The minimum atomic E-state index is -0.270. The fourth-order valence-electron chi connectivity index (χ4n) is 2.43. The van der Waals surface area contributed by atoms with Crippen LogP contribution < -0.4 is 0 Å². The fourth-order valence-corrected chi connectivity index (χ4v) is 2.43. The number of rotatable bonds is 3. The molecule has 2 heteroatoms. The zero-order valence-electron chi connectivity index (χ0n) is 8.74. The van der Waals surface area contributed by atoms with Crippen LogP contribution in [0.1, 0.15) is 39.5 Å². The van der Waals surface area contributed by atoms with Crippen LogP contribution >= 0.6 is 0 Å². The van der Waals surface area contributed by atoms with E-state index < -0.39 is 0 Å². The van der Waals surface area contributed by atoms with Gasteiger partial charge in [0, 0.05) is 12.5 Å². The largest absolute Gasteiger partial charge is 0.396 e. The molecule has 1 rings (SSSR count). The van der Waals surface area contributed by atoms with Gasteiger partial charge in [-0.1, -0.05) is 26.7 Å². The van der Waals surface area contributed by atoms with Gasteiger partial charge in [-0.15, -0.1) is 0 Å². The second kappa shape index (κ2) is 4.97. The van der Waals surface area contributed by atoms with Crippen LogP contribution in [-0.2, 0) is 0 Å². The van der Waals surface area contributed by atoms with Crippen LogP contribution in [0.2, 0.25) is 0 Å². The molecule has 1 aliphatic rings. The molecule has 1 aliphatic carbocycles. The summed E-state index contributed by atoms with van der Waals surface area (Å²) in [6.07, 6.45) is 4.14. The van der Waals surface area contributed by atoms with Crippen LogP contribution in [0.5, 0.6) is 0 Å². The Morgan fingerprint density at radius 2 is 2.08 bits per heavy atom. The normalized spacial score (nSPS) is 37.4. The highest BCUT2D eigenvalue weighted by molar-refractivity contribution is 4.83. The van der Waals surface area contributed by atoms with Crippen molar-refractivity contribution in [2.75, 3.05) is 6.61 Å². The number of hydrogen-bond donors (Lipinski definition) is 2. The summed E-state index contributed by atoms with van der Waals surface area (Å²) in [6.45, 7) is 4.52. The molecular weight excluding hydrogens is 164 g/mol. The molecule has 2 N–H and O–H groups in total. The summed E-state index contributed by atoms with van der Waals surface area (Å²) in [6, 6.07) is 0. The molecule has 0 aliphatic heterocycles. The van der Waals surface area contributed by atoms with Crippen LogP contribution in [0.25, 0.3) is 0 Å². The molecule has 0 radical (unpaired) electrons. The van der Waals surface area contributed by atoms with E-state index in [9.17, 15) is 5.11 Å². The average Bonchev–Trinajstić information content (AvgIpc) is 2.17. The third kappa shape index (κ3) is 2.44. The summed E-state index contributed by atoms with van der Waals surface area (Å²) < 4.78 is 0. The zero-order valence-corrected chi connectivity index (χ0v) is 8.74. The molecule has 0 heterocycles. The van der Waals surface area contributed by atoms with Crippen LogP contribution in [0.3, 0.4) is 0 Å². The van der Waals surface area contributed by atoms with Crippen molar-refractivity contribution in [1.29, 1.82) is 0 Å². The first-order chi connectivity index (χ1) is 6.20. The quantitative estimate of drug-likeness (QED) is 0.705. The maximum absolute atomic E-state index is 9.97. The van der Waals surface area contributed by atoms with Gasteiger partial charge in [-0.2, -0.15) is 0 Å². The minimum absolute atomic E-state index is 0.132. The lowest BCUT2D eigenvalue weighted by molar-refractivity contribution is -0.0266. The predicted molar refractivity (Wildman–Crippen MR) is 53.4 cm³/mol. The molecule has 4 unspecified atom stereocenters. The van der Waals surface area contributed by atoms with E-state index in [0.717, 1.165) is 25.7 Å². The Kier molecular flexibility index (Phi) is 4.20. The summed E-state index contributed by atoms with van der Waals surface area (Å²) in [4.78, 5) is 0. The van der Waals surface area contributed by atoms with E-state index >= 15 is 0 Å². The summed E-state index contributed by atoms with van der Waals surface area (Å²) in [7, 11) is 0. The summed E-state index contributed by atoms with van der Waals surface area (Å²) in [5.41, 5.74) is 0. The molecule has 1 saturated carbocycles. The van der Waals surface area contributed by atoms with E-state index in [1.54, 1.807) is 0 Å². The molecule has 0 saturated heterocycles. The van der Waals surface area contributed by atoms with Crippen molar-refractivity contribution in [2.24, 2.45) is 17.8 Å². The smallest absolute Gasteiger partial charge is 0.0620 e. The van der Waals surface area contributed by atoms with E-state index in [2.05, 4.69) is 13.8 Å². The van der Waals surface area contributed by atoms with Gasteiger partial charge >= 0.3 is 0 Å². The fraction of sp³-hybridized carbons (Fsp3) is 1.00. The van der Waals surface area contributed by atoms with Gasteiger partial charge in [0.2, 0.25) is 0 Å². The van der Waals surface area contributed by atoms with Gasteiger partial charge in [0.25, 0.3) is 0 Å². The minimum Gasteiger partial charge on any atom is -0.396 e. The van der Waals surface area contributed by atoms with Crippen molar-refractivity contribution in [3.8, 4) is 0 Å². The molecule has 0 amide bonds. The molecule has 0 aromatic heterocycles. The monoisotopic (exact) mass is 186 g/mol. The molecule has 13 heavy (non-hydrogen) atoms. The van der Waals surface area contributed by atoms with Crippen molar-refractivity contribution < 1.29 is 10.2 Å². The lowest BCUT2D eigenvalue weighted by Crippen LogP contribution is -2.38. The van der Waals surface area contributed by atoms with E-state index in [1.807, 2.05) is 0 Å². The van der Waals surface area contributed by atoms with Crippen molar-refractivity contribution >= 4 is 0 Å². The first-order valence-corrected chi connectivity index (χ1v) is 5.49. The SMILES string of the molecule is CCC(C)C1CCCC(CO)C1O. The highest BCUT2D eigenvalue weighted by Gasteiger charge is 2.33. The highest BCUT2D eigenvalue weighted by atomic mass is 16.3. The Labute approximate surface area is 81.0 Å². The van der Waals surface area contributed by atoms with Gasteiger partial charge in [-0.05, 0) is 24.7 Å². The van der Waals surface area contributed by atoms with Crippen LogP contribution in [-0.4, -0.2) is 22.9 Å². The van der Waals surface area contributed by atoms with Gasteiger partial charge in [0.05, 0.1) is 6.10 Å². The number of aliphatic hydroxyl groups is 2. The number of hydrogen-bond acceptors (Lipinski definition) is 2. The molecule has 0 aromatic rings. The third-order valence-electron chi connectivity index (χ3n) is 3.64. The molecule has 78 valence electrons. The van der Waals surface area contributed by atoms with Crippen LogP contribution in [0.4, 0.5) is 0 Å². The van der Waals surface area contributed by atoms with Crippen molar-refractivity contribution in [3.05, 3.63) is 0 Å². The first-order valence-electron chi connectivity index (χ1n) is 5.49. The maximum atomic E-state index is 9.97. The molecule has 4 atom stereocenters. The first kappa shape index (κ1) is 11.0. The van der Waals surface area contributed by atoms with Gasteiger partial charge in [-0.25, -0.2) is 0 Å². The van der Waals surface area contributed by atoms with Gasteiger partial charge < -0.3 is 10.2 Å². The van der Waals surface area contributed by atoms with E-state index in [4.69, 9.17) is 5.11 Å². The van der Waals surface area contributed by atoms with Gasteiger partial charge in [0.1, 0.15) is 0 Å². The molecule has 0 spiro atoms. The topological polar surface area (TPSA) is 40.5 Å².